The summed E-state index contributed by atoms with van der Waals surface area (Å²) in [6.07, 6.45) is 5.38. The Hall–Kier alpha value is 0.720. The van der Waals surface area contributed by atoms with E-state index in [4.69, 9.17) is 0 Å². The van der Waals surface area contributed by atoms with E-state index < -0.39 is 0 Å². The largest absolute Gasteiger partial charge is 0.147 e. The molecular formula is C5H14ClP. The molecular weight excluding hydrogens is 126 g/mol. The molecule has 7 heavy (non-hydrogen) atoms. The van der Waals surface area contributed by atoms with Gasteiger partial charge in [-0.05, 0) is 12.6 Å². The smallest absolute Gasteiger partial charge is 0.0381 e. The number of halogens is 1. The van der Waals surface area contributed by atoms with Crippen LogP contribution in [0, 0.1) is 0 Å². The van der Waals surface area contributed by atoms with Crippen LogP contribution in [0.3, 0.4) is 0 Å². The first-order valence-electron chi connectivity index (χ1n) is 2.62. The lowest BCUT2D eigenvalue weighted by Crippen LogP contribution is -1.70. The third kappa shape index (κ3) is 10.8. The average Bonchev–Trinajstić information content (AvgIpc) is 1.61. The van der Waals surface area contributed by atoms with Gasteiger partial charge in [-0.15, -0.1) is 21.6 Å². The Morgan fingerprint density at radius 1 is 1.29 bits per heavy atom. The lowest BCUT2D eigenvalue weighted by Gasteiger charge is -1.86. The molecule has 0 N–H and O–H groups in total. The van der Waals surface area contributed by atoms with E-state index in [1.165, 1.54) is 25.4 Å². The van der Waals surface area contributed by atoms with E-state index in [1.807, 2.05) is 0 Å². The SMILES string of the molecule is CCCCCP.Cl. The molecule has 0 amide bonds. The topological polar surface area (TPSA) is 0 Å². The van der Waals surface area contributed by atoms with Gasteiger partial charge in [-0.1, -0.05) is 19.8 Å². The van der Waals surface area contributed by atoms with Crippen LogP contribution in [0.1, 0.15) is 26.2 Å². The number of unbranched alkanes of at least 4 members (excludes halogenated alkanes) is 2. The highest BCUT2D eigenvalue weighted by molar-refractivity contribution is 7.16. The monoisotopic (exact) mass is 140 g/mol. The van der Waals surface area contributed by atoms with Crippen LogP contribution in [0.2, 0.25) is 0 Å². The van der Waals surface area contributed by atoms with E-state index in [2.05, 4.69) is 16.2 Å². The van der Waals surface area contributed by atoms with Crippen molar-refractivity contribution in [2.45, 2.75) is 26.2 Å². The van der Waals surface area contributed by atoms with Gasteiger partial charge in [-0.25, -0.2) is 0 Å². The van der Waals surface area contributed by atoms with Crippen LogP contribution in [0.5, 0.6) is 0 Å². The average molecular weight is 141 g/mol. The highest BCUT2D eigenvalue weighted by atomic mass is 35.5. The van der Waals surface area contributed by atoms with E-state index >= 15 is 0 Å². The first-order valence-corrected chi connectivity index (χ1v) is 3.43. The minimum absolute atomic E-state index is 0. The van der Waals surface area contributed by atoms with Crippen molar-refractivity contribution in [3.63, 3.8) is 0 Å². The maximum atomic E-state index is 2.73. The van der Waals surface area contributed by atoms with Gasteiger partial charge in [0.15, 0.2) is 0 Å². The molecule has 1 atom stereocenters. The van der Waals surface area contributed by atoms with Crippen LogP contribution in [0.4, 0.5) is 0 Å². The molecule has 0 aliphatic carbocycles. The Bertz CT molecular complexity index is 20.0. The zero-order valence-corrected chi connectivity index (χ0v) is 6.79. The molecule has 0 rings (SSSR count). The molecule has 0 radical (unpaired) electrons. The lowest BCUT2D eigenvalue weighted by atomic mass is 10.3. The van der Waals surface area contributed by atoms with Gasteiger partial charge in [0.25, 0.3) is 0 Å². The van der Waals surface area contributed by atoms with Crippen molar-refractivity contribution in [1.29, 1.82) is 0 Å². The van der Waals surface area contributed by atoms with Crippen molar-refractivity contribution >= 4 is 21.6 Å². The summed E-state index contributed by atoms with van der Waals surface area (Å²) in [5, 5.41) is 0. The predicted molar refractivity (Wildman–Crippen MR) is 41.4 cm³/mol. The maximum Gasteiger partial charge on any atom is -0.0381 e. The number of hydrogen-bond acceptors (Lipinski definition) is 0. The molecule has 0 saturated heterocycles. The summed E-state index contributed by atoms with van der Waals surface area (Å²) in [5.74, 6) is 0. The Kier molecular flexibility index (Phi) is 15.0. The molecule has 0 aromatic carbocycles. The second-order valence-electron chi connectivity index (χ2n) is 1.50. The highest BCUT2D eigenvalue weighted by Gasteiger charge is 1.75. The second kappa shape index (κ2) is 9.87. The van der Waals surface area contributed by atoms with Gasteiger partial charge in [-0.3, -0.25) is 0 Å². The third-order valence-electron chi connectivity index (χ3n) is 0.808. The van der Waals surface area contributed by atoms with Crippen LogP contribution >= 0.6 is 21.6 Å². The molecule has 0 spiro atoms. The van der Waals surface area contributed by atoms with Gasteiger partial charge in [0.05, 0.1) is 0 Å². The van der Waals surface area contributed by atoms with Crippen molar-refractivity contribution in [2.24, 2.45) is 0 Å². The van der Waals surface area contributed by atoms with Crippen molar-refractivity contribution < 1.29 is 0 Å². The summed E-state index contributed by atoms with van der Waals surface area (Å²) in [5.41, 5.74) is 0. The van der Waals surface area contributed by atoms with Crippen LogP contribution in [-0.4, -0.2) is 6.16 Å². The van der Waals surface area contributed by atoms with Crippen LogP contribution in [0.25, 0.3) is 0 Å². The molecule has 0 heterocycles. The molecule has 0 aliphatic rings. The van der Waals surface area contributed by atoms with Crippen LogP contribution < -0.4 is 0 Å². The minimum Gasteiger partial charge on any atom is -0.147 e. The first kappa shape index (κ1) is 10.7. The Morgan fingerprint density at radius 2 is 1.86 bits per heavy atom. The standard InChI is InChI=1S/C5H13P.ClH/c1-2-3-4-5-6;/h2-6H2,1H3;1H. The van der Waals surface area contributed by atoms with Gasteiger partial charge in [0.1, 0.15) is 0 Å². The number of hydrogen-bond donors (Lipinski definition) is 0. The molecule has 0 nitrogen and oxygen atoms in total. The van der Waals surface area contributed by atoms with E-state index in [9.17, 15) is 0 Å². The van der Waals surface area contributed by atoms with Crippen molar-refractivity contribution in [2.75, 3.05) is 6.16 Å². The van der Waals surface area contributed by atoms with Crippen LogP contribution in [-0.2, 0) is 0 Å². The van der Waals surface area contributed by atoms with E-state index in [0.29, 0.717) is 0 Å². The minimum atomic E-state index is 0. The van der Waals surface area contributed by atoms with E-state index in [1.54, 1.807) is 0 Å². The van der Waals surface area contributed by atoms with Crippen molar-refractivity contribution in [3.8, 4) is 0 Å². The maximum absolute atomic E-state index is 2.73. The first-order chi connectivity index (χ1) is 2.91. The lowest BCUT2D eigenvalue weighted by molar-refractivity contribution is 0.779. The number of rotatable bonds is 3. The van der Waals surface area contributed by atoms with Crippen molar-refractivity contribution in [3.05, 3.63) is 0 Å². The second-order valence-corrected chi connectivity index (χ2v) is 2.07. The quantitative estimate of drug-likeness (QED) is 0.417. The summed E-state index contributed by atoms with van der Waals surface area (Å²) in [6, 6.07) is 0. The van der Waals surface area contributed by atoms with Crippen LogP contribution in [0.15, 0.2) is 0 Å². The Labute approximate surface area is 54.7 Å². The highest BCUT2D eigenvalue weighted by Crippen LogP contribution is 1.95. The Morgan fingerprint density at radius 3 is 2.00 bits per heavy atom. The van der Waals surface area contributed by atoms with Gasteiger partial charge in [0, 0.05) is 0 Å². The van der Waals surface area contributed by atoms with E-state index in [-0.39, 0.29) is 12.4 Å². The fourth-order valence-corrected chi connectivity index (χ4v) is 0.683. The fraction of sp³-hybridized carbons (Fsp3) is 1.00. The fourth-order valence-electron chi connectivity index (χ4n) is 0.394. The molecule has 0 fully saturated rings. The molecule has 0 aromatic heterocycles. The molecule has 0 saturated carbocycles. The zero-order chi connectivity index (χ0) is 4.83. The van der Waals surface area contributed by atoms with Gasteiger partial charge in [0.2, 0.25) is 0 Å². The van der Waals surface area contributed by atoms with Gasteiger partial charge < -0.3 is 0 Å². The summed E-state index contributed by atoms with van der Waals surface area (Å²) in [6.45, 7) is 2.22. The van der Waals surface area contributed by atoms with Gasteiger partial charge in [-0.2, -0.15) is 0 Å². The molecule has 0 bridgehead atoms. The third-order valence-corrected chi connectivity index (χ3v) is 1.22. The zero-order valence-electron chi connectivity index (χ0n) is 4.81. The molecule has 2 heteroatoms. The summed E-state index contributed by atoms with van der Waals surface area (Å²) in [7, 11) is 2.73. The summed E-state index contributed by atoms with van der Waals surface area (Å²) >= 11 is 0. The van der Waals surface area contributed by atoms with Crippen molar-refractivity contribution in [1.82, 2.24) is 0 Å². The molecule has 0 aromatic rings. The predicted octanol–water partition coefficient (Wildman–Crippen LogP) is 2.47. The summed E-state index contributed by atoms with van der Waals surface area (Å²) in [4.78, 5) is 0. The Balaban J connectivity index is 0. The molecule has 0 aliphatic heterocycles. The summed E-state index contributed by atoms with van der Waals surface area (Å²) < 4.78 is 0. The van der Waals surface area contributed by atoms with Gasteiger partial charge >= 0.3 is 0 Å². The normalized spacial score (nSPS) is 7.71. The molecule has 46 valence electrons. The molecule has 1 unspecified atom stereocenters. The van der Waals surface area contributed by atoms with E-state index in [0.717, 1.165) is 0 Å².